The number of aliphatic hydroxyl groups is 1. The zero-order valence-corrected chi connectivity index (χ0v) is 22.5. The van der Waals surface area contributed by atoms with E-state index in [1.54, 1.807) is 16.9 Å². The van der Waals surface area contributed by atoms with Crippen LogP contribution in [-0.4, -0.2) is 50.2 Å². The molecule has 196 valence electrons. The van der Waals surface area contributed by atoms with Gasteiger partial charge in [0, 0.05) is 19.2 Å². The van der Waals surface area contributed by atoms with E-state index >= 15 is 0 Å². The summed E-state index contributed by atoms with van der Waals surface area (Å²) in [6, 6.07) is 1.74. The van der Waals surface area contributed by atoms with Crippen molar-refractivity contribution in [1.29, 1.82) is 0 Å². The molecule has 0 amide bonds. The highest BCUT2D eigenvalue weighted by atomic mass is 35.5. The van der Waals surface area contributed by atoms with Crippen molar-refractivity contribution < 1.29 is 14.6 Å². The smallest absolute Gasteiger partial charge is 0.178 e. The number of ether oxygens (including phenoxy) is 1. The first-order valence-electron chi connectivity index (χ1n) is 13.8. The van der Waals surface area contributed by atoms with Gasteiger partial charge in [-0.1, -0.05) is 23.7 Å². The number of ketones is 1. The highest BCUT2D eigenvalue weighted by molar-refractivity contribution is 6.31. The summed E-state index contributed by atoms with van der Waals surface area (Å²) in [5.41, 5.74) is 0.902. The number of Topliss-reactive ketones (excluding diaryl/α,β-unsaturated/α-hetero) is 1. The molecule has 7 nitrogen and oxygen atoms in total. The van der Waals surface area contributed by atoms with Gasteiger partial charge < -0.3 is 9.84 Å². The zero-order chi connectivity index (χ0) is 25.3. The van der Waals surface area contributed by atoms with E-state index in [1.165, 1.54) is 12.8 Å². The van der Waals surface area contributed by atoms with E-state index in [2.05, 4.69) is 22.2 Å². The second kappa shape index (κ2) is 8.74. The number of fused-ring (bicyclic) bond motifs is 6. The molecule has 0 bridgehead atoms. The van der Waals surface area contributed by atoms with Gasteiger partial charge in [0.25, 0.3) is 0 Å². The fourth-order valence-electron chi connectivity index (χ4n) is 9.51. The Morgan fingerprint density at radius 3 is 2.81 bits per heavy atom. The standard InChI is InChI=1S/C28H39ClN4O3/c1-26(35)10-11-28(16-36-3)17(13-26)4-5-19-20-6-7-22(27(20,2)9-8-21(19)28)24(34)15-33-25-23(31-32-33)12-18(29)14-30-25/h12,14,17,19-22,35H,4-11,13,15-16H2,1-3H3/t17-,19-,20?,21-,22+,26+,27-,28+/m0/s1. The molecular formula is C28H39ClN4O3. The summed E-state index contributed by atoms with van der Waals surface area (Å²) in [5.74, 6) is 2.70. The van der Waals surface area contributed by atoms with Crippen molar-refractivity contribution in [2.75, 3.05) is 13.7 Å². The topological polar surface area (TPSA) is 90.1 Å². The molecule has 0 aromatic carbocycles. The maximum Gasteiger partial charge on any atom is 0.178 e. The second-order valence-electron chi connectivity index (χ2n) is 12.9. The van der Waals surface area contributed by atoms with E-state index in [4.69, 9.17) is 16.3 Å². The third-order valence-electron chi connectivity index (χ3n) is 11.1. The van der Waals surface area contributed by atoms with Crippen molar-refractivity contribution in [3.05, 3.63) is 17.3 Å². The number of hydrogen-bond acceptors (Lipinski definition) is 6. The fraction of sp³-hybridized carbons (Fsp3) is 0.786. The Morgan fingerprint density at radius 1 is 1.17 bits per heavy atom. The van der Waals surface area contributed by atoms with Gasteiger partial charge in [-0.2, -0.15) is 0 Å². The van der Waals surface area contributed by atoms with Crippen LogP contribution in [0.4, 0.5) is 0 Å². The number of carbonyl (C=O) groups excluding carboxylic acids is 1. The molecule has 6 rings (SSSR count). The lowest BCUT2D eigenvalue weighted by Crippen LogP contribution is -2.58. The quantitative estimate of drug-likeness (QED) is 0.598. The lowest BCUT2D eigenvalue weighted by molar-refractivity contribution is -0.175. The van der Waals surface area contributed by atoms with Crippen LogP contribution in [0.2, 0.25) is 5.02 Å². The van der Waals surface area contributed by atoms with Crippen molar-refractivity contribution in [1.82, 2.24) is 20.0 Å². The molecule has 4 fully saturated rings. The van der Waals surface area contributed by atoms with Gasteiger partial charge in [0.15, 0.2) is 11.4 Å². The van der Waals surface area contributed by atoms with Crippen LogP contribution < -0.4 is 0 Å². The molecule has 4 aliphatic rings. The maximum atomic E-state index is 13.7. The predicted octanol–water partition coefficient (Wildman–Crippen LogP) is 5.09. The monoisotopic (exact) mass is 514 g/mol. The highest BCUT2D eigenvalue weighted by Gasteiger charge is 2.63. The van der Waals surface area contributed by atoms with Gasteiger partial charge in [-0.15, -0.1) is 5.10 Å². The van der Waals surface area contributed by atoms with Gasteiger partial charge in [-0.3, -0.25) is 4.79 Å². The van der Waals surface area contributed by atoms with Crippen LogP contribution in [0.1, 0.15) is 71.6 Å². The van der Waals surface area contributed by atoms with Gasteiger partial charge in [-0.05, 0) is 105 Å². The lowest BCUT2D eigenvalue weighted by Gasteiger charge is -2.62. The first-order chi connectivity index (χ1) is 17.2. The van der Waals surface area contributed by atoms with Gasteiger partial charge in [-0.25, -0.2) is 9.67 Å². The number of rotatable bonds is 5. The second-order valence-corrected chi connectivity index (χ2v) is 13.3. The molecule has 0 spiro atoms. The molecule has 1 N–H and O–H groups in total. The number of halogens is 1. The Labute approximate surface area is 218 Å². The van der Waals surface area contributed by atoms with Crippen molar-refractivity contribution >= 4 is 28.5 Å². The number of carbonyl (C=O) groups is 1. The molecule has 8 heteroatoms. The first-order valence-corrected chi connectivity index (χ1v) is 14.1. The van der Waals surface area contributed by atoms with Crippen molar-refractivity contribution in [3.8, 4) is 0 Å². The molecule has 2 aromatic heterocycles. The Morgan fingerprint density at radius 2 is 2.00 bits per heavy atom. The Bertz CT molecular complexity index is 1170. The summed E-state index contributed by atoms with van der Waals surface area (Å²) in [4.78, 5) is 18.1. The molecule has 0 saturated heterocycles. The molecule has 0 radical (unpaired) electrons. The number of pyridine rings is 1. The maximum absolute atomic E-state index is 13.7. The van der Waals surface area contributed by atoms with Crippen LogP contribution in [0.3, 0.4) is 0 Å². The summed E-state index contributed by atoms with van der Waals surface area (Å²) in [6.45, 7) is 5.43. The SMILES string of the molecule is COC[C@]12CC[C@@](C)(O)C[C@@H]1CC[C@H]1C3CC[C@H](C(=O)Cn4nnc5cc(Cl)cnc54)[C@@]3(C)CC[C@@H]12. The largest absolute Gasteiger partial charge is 0.390 e. The third-order valence-corrected chi connectivity index (χ3v) is 11.3. The van der Waals surface area contributed by atoms with E-state index in [1.807, 2.05) is 14.0 Å². The minimum absolute atomic E-state index is 0.0344. The molecule has 4 aliphatic carbocycles. The molecule has 2 heterocycles. The van der Waals surface area contributed by atoms with E-state index in [0.29, 0.717) is 39.9 Å². The molecule has 0 aliphatic heterocycles. The number of hydrogen-bond donors (Lipinski definition) is 1. The van der Waals surface area contributed by atoms with Crippen molar-refractivity contribution in [3.63, 3.8) is 0 Å². The average molecular weight is 515 g/mol. The van der Waals surface area contributed by atoms with Gasteiger partial charge in [0.2, 0.25) is 0 Å². The minimum Gasteiger partial charge on any atom is -0.390 e. The van der Waals surface area contributed by atoms with Crippen molar-refractivity contribution in [2.24, 2.45) is 40.4 Å². The van der Waals surface area contributed by atoms with Gasteiger partial charge >= 0.3 is 0 Å². The number of nitrogens with zero attached hydrogens (tertiary/aromatic N) is 4. The minimum atomic E-state index is -0.547. The third kappa shape index (κ3) is 3.75. The summed E-state index contributed by atoms with van der Waals surface area (Å²) in [5, 5.41) is 19.8. The number of methoxy groups -OCH3 is 1. The predicted molar refractivity (Wildman–Crippen MR) is 137 cm³/mol. The van der Waals surface area contributed by atoms with Gasteiger partial charge in [0.05, 0.1) is 17.2 Å². The summed E-state index contributed by atoms with van der Waals surface area (Å²) >= 11 is 6.05. The lowest BCUT2D eigenvalue weighted by atomic mass is 9.43. The van der Waals surface area contributed by atoms with E-state index in [-0.39, 0.29) is 29.1 Å². The van der Waals surface area contributed by atoms with Crippen LogP contribution in [0.25, 0.3) is 11.2 Å². The fourth-order valence-corrected chi connectivity index (χ4v) is 9.67. The van der Waals surface area contributed by atoms with Crippen molar-refractivity contribution in [2.45, 2.75) is 83.8 Å². The first kappa shape index (κ1) is 24.7. The van der Waals surface area contributed by atoms with Crippen LogP contribution in [0, 0.1) is 40.4 Å². The highest BCUT2D eigenvalue weighted by Crippen LogP contribution is 2.68. The molecular weight excluding hydrogens is 476 g/mol. The summed E-state index contributed by atoms with van der Waals surface area (Å²) < 4.78 is 7.53. The Hall–Kier alpha value is -1.57. The molecule has 1 unspecified atom stereocenters. The van der Waals surface area contributed by atoms with Crippen LogP contribution in [-0.2, 0) is 16.1 Å². The zero-order valence-electron chi connectivity index (χ0n) is 21.8. The summed E-state index contributed by atoms with van der Waals surface area (Å²) in [7, 11) is 1.84. The number of aromatic nitrogens is 4. The van der Waals surface area contributed by atoms with Crippen LogP contribution in [0.5, 0.6) is 0 Å². The van der Waals surface area contributed by atoms with E-state index < -0.39 is 5.60 Å². The van der Waals surface area contributed by atoms with E-state index in [9.17, 15) is 9.90 Å². The Kier molecular flexibility index (Phi) is 6.01. The molecule has 8 atom stereocenters. The Balaban J connectivity index is 1.23. The summed E-state index contributed by atoms with van der Waals surface area (Å²) in [6.07, 6.45) is 11.1. The van der Waals surface area contributed by atoms with Crippen LogP contribution in [0.15, 0.2) is 12.3 Å². The normalized spacial score (nSPS) is 42.1. The average Bonchev–Trinajstić information content (AvgIpc) is 3.39. The molecule has 4 saturated carbocycles. The van der Waals surface area contributed by atoms with Gasteiger partial charge in [0.1, 0.15) is 12.1 Å². The van der Waals surface area contributed by atoms with E-state index in [0.717, 1.165) is 51.6 Å². The van der Waals surface area contributed by atoms with Crippen LogP contribution >= 0.6 is 11.6 Å². The molecule has 2 aromatic rings. The molecule has 36 heavy (non-hydrogen) atoms.